The number of fused-ring (bicyclic) bond motifs is 1. The highest BCUT2D eigenvalue weighted by atomic mass is 16.5. The second-order valence-corrected chi connectivity index (χ2v) is 3.86. The average molecular weight is 235 g/mol. The molecule has 0 bridgehead atoms. The number of rotatable bonds is 4. The fourth-order valence-electron chi connectivity index (χ4n) is 1.75. The van der Waals surface area contributed by atoms with E-state index in [9.17, 15) is 4.79 Å². The summed E-state index contributed by atoms with van der Waals surface area (Å²) in [6, 6.07) is 5.61. The van der Waals surface area contributed by atoms with Crippen LogP contribution in [0.15, 0.2) is 18.2 Å². The van der Waals surface area contributed by atoms with E-state index in [1.165, 1.54) is 0 Å². The molecule has 1 aromatic carbocycles. The Labute approximate surface area is 101 Å². The number of methoxy groups -OCH3 is 1. The van der Waals surface area contributed by atoms with E-state index < -0.39 is 0 Å². The van der Waals surface area contributed by atoms with E-state index in [4.69, 9.17) is 4.74 Å². The number of carbonyl (C=O) groups is 1. The lowest BCUT2D eigenvalue weighted by Crippen LogP contribution is -2.27. The lowest BCUT2D eigenvalue weighted by Gasteiger charge is -2.20. The molecule has 1 aliphatic heterocycles. The molecular weight excluding hydrogens is 218 g/mol. The van der Waals surface area contributed by atoms with Gasteiger partial charge in [0.25, 0.3) is 5.91 Å². The zero-order valence-electron chi connectivity index (χ0n) is 9.88. The summed E-state index contributed by atoms with van der Waals surface area (Å²) < 4.78 is 4.88. The quantitative estimate of drug-likeness (QED) is 0.679. The lowest BCUT2D eigenvalue weighted by atomic mass is 10.1. The SMILES string of the molecule is COCCNC(=O)c1ccc2c(c1)NCCN2. The van der Waals surface area contributed by atoms with E-state index in [1.54, 1.807) is 7.11 Å². The van der Waals surface area contributed by atoms with E-state index in [1.807, 2.05) is 18.2 Å². The van der Waals surface area contributed by atoms with Crippen LogP contribution in [0.2, 0.25) is 0 Å². The Balaban J connectivity index is 2.03. The summed E-state index contributed by atoms with van der Waals surface area (Å²) in [5, 5.41) is 9.32. The molecule has 17 heavy (non-hydrogen) atoms. The molecule has 0 spiro atoms. The predicted octanol–water partition coefficient (Wildman–Crippen LogP) is 0.900. The number of benzene rings is 1. The second-order valence-electron chi connectivity index (χ2n) is 3.86. The Morgan fingerprint density at radius 1 is 1.35 bits per heavy atom. The summed E-state index contributed by atoms with van der Waals surface area (Å²) in [6.45, 7) is 2.84. The van der Waals surface area contributed by atoms with Gasteiger partial charge in [-0.05, 0) is 18.2 Å². The largest absolute Gasteiger partial charge is 0.383 e. The molecule has 0 fully saturated rings. The Kier molecular flexibility index (Phi) is 3.82. The molecule has 2 rings (SSSR count). The minimum Gasteiger partial charge on any atom is -0.383 e. The Bertz CT molecular complexity index is 407. The van der Waals surface area contributed by atoms with Crippen LogP contribution in [-0.4, -0.2) is 39.3 Å². The molecule has 92 valence electrons. The molecule has 5 nitrogen and oxygen atoms in total. The highest BCUT2D eigenvalue weighted by molar-refractivity contribution is 5.96. The third-order valence-electron chi connectivity index (χ3n) is 2.63. The fraction of sp³-hybridized carbons (Fsp3) is 0.417. The molecule has 0 aliphatic carbocycles. The van der Waals surface area contributed by atoms with Crippen molar-refractivity contribution >= 4 is 17.3 Å². The predicted molar refractivity (Wildman–Crippen MR) is 67.6 cm³/mol. The smallest absolute Gasteiger partial charge is 0.251 e. The summed E-state index contributed by atoms with van der Waals surface area (Å²) in [5.41, 5.74) is 2.69. The summed E-state index contributed by atoms with van der Waals surface area (Å²) in [5.74, 6) is -0.0720. The van der Waals surface area contributed by atoms with Crippen LogP contribution in [0.3, 0.4) is 0 Å². The highest BCUT2D eigenvalue weighted by Crippen LogP contribution is 2.25. The second kappa shape index (κ2) is 5.54. The summed E-state index contributed by atoms with van der Waals surface area (Å²) >= 11 is 0. The molecule has 5 heteroatoms. The maximum Gasteiger partial charge on any atom is 0.251 e. The van der Waals surface area contributed by atoms with Crippen molar-refractivity contribution in [3.63, 3.8) is 0 Å². The first kappa shape index (κ1) is 11.7. The van der Waals surface area contributed by atoms with Gasteiger partial charge in [-0.3, -0.25) is 4.79 Å². The molecule has 1 heterocycles. The Morgan fingerprint density at radius 2 is 2.12 bits per heavy atom. The maximum atomic E-state index is 11.8. The molecule has 0 unspecified atom stereocenters. The molecule has 3 N–H and O–H groups in total. The standard InChI is InChI=1S/C12H17N3O2/c1-17-7-6-15-12(16)9-2-3-10-11(8-9)14-5-4-13-10/h2-3,8,13-14H,4-7H2,1H3,(H,15,16). The summed E-state index contributed by atoms with van der Waals surface area (Å²) in [4.78, 5) is 11.8. The molecule has 1 aliphatic rings. The first-order valence-corrected chi connectivity index (χ1v) is 5.70. The van der Waals surface area contributed by atoms with E-state index >= 15 is 0 Å². The van der Waals surface area contributed by atoms with Gasteiger partial charge in [0.15, 0.2) is 0 Å². The topological polar surface area (TPSA) is 62.4 Å². The van der Waals surface area contributed by atoms with Crippen LogP contribution < -0.4 is 16.0 Å². The van der Waals surface area contributed by atoms with Gasteiger partial charge in [0.2, 0.25) is 0 Å². The first-order valence-electron chi connectivity index (χ1n) is 5.70. The number of anilines is 2. The molecule has 1 aromatic rings. The van der Waals surface area contributed by atoms with Crippen molar-refractivity contribution < 1.29 is 9.53 Å². The molecule has 1 amide bonds. The first-order chi connectivity index (χ1) is 8.31. The number of amides is 1. The van der Waals surface area contributed by atoms with Crippen molar-refractivity contribution in [1.29, 1.82) is 0 Å². The maximum absolute atomic E-state index is 11.8. The van der Waals surface area contributed by atoms with Crippen molar-refractivity contribution in [3.8, 4) is 0 Å². The van der Waals surface area contributed by atoms with E-state index in [-0.39, 0.29) is 5.91 Å². The van der Waals surface area contributed by atoms with Crippen molar-refractivity contribution in [3.05, 3.63) is 23.8 Å². The van der Waals surface area contributed by atoms with Crippen LogP contribution in [-0.2, 0) is 4.74 Å². The van der Waals surface area contributed by atoms with Gasteiger partial charge in [-0.25, -0.2) is 0 Å². The van der Waals surface area contributed by atoms with Gasteiger partial charge in [0, 0.05) is 32.3 Å². The molecule has 0 aromatic heterocycles. The third kappa shape index (κ3) is 2.88. The number of nitrogens with one attached hydrogen (secondary N) is 3. The van der Waals surface area contributed by atoms with Gasteiger partial charge >= 0.3 is 0 Å². The van der Waals surface area contributed by atoms with Crippen LogP contribution in [0.1, 0.15) is 10.4 Å². The summed E-state index contributed by atoms with van der Waals surface area (Å²) in [6.07, 6.45) is 0. The molecule has 0 atom stereocenters. The lowest BCUT2D eigenvalue weighted by molar-refractivity contribution is 0.0937. The van der Waals surface area contributed by atoms with Gasteiger partial charge in [-0.1, -0.05) is 0 Å². The Morgan fingerprint density at radius 3 is 2.88 bits per heavy atom. The fourth-order valence-corrected chi connectivity index (χ4v) is 1.75. The Hall–Kier alpha value is -1.75. The van der Waals surface area contributed by atoms with Gasteiger partial charge in [0.1, 0.15) is 0 Å². The van der Waals surface area contributed by atoms with Gasteiger partial charge in [0.05, 0.1) is 18.0 Å². The normalized spacial score (nSPS) is 13.2. The van der Waals surface area contributed by atoms with Gasteiger partial charge in [-0.2, -0.15) is 0 Å². The average Bonchev–Trinajstić information content (AvgIpc) is 2.38. The number of hydrogen-bond acceptors (Lipinski definition) is 4. The van der Waals surface area contributed by atoms with Crippen LogP contribution in [0.25, 0.3) is 0 Å². The van der Waals surface area contributed by atoms with Crippen molar-refractivity contribution in [2.24, 2.45) is 0 Å². The van der Waals surface area contributed by atoms with Crippen LogP contribution in [0.4, 0.5) is 11.4 Å². The minimum atomic E-state index is -0.0720. The number of carbonyl (C=O) groups excluding carboxylic acids is 1. The molecule has 0 saturated heterocycles. The van der Waals surface area contributed by atoms with Gasteiger partial charge < -0.3 is 20.7 Å². The molecule has 0 saturated carbocycles. The number of ether oxygens (including phenoxy) is 1. The third-order valence-corrected chi connectivity index (χ3v) is 2.63. The zero-order valence-corrected chi connectivity index (χ0v) is 9.88. The van der Waals surface area contributed by atoms with E-state index in [0.717, 1.165) is 24.5 Å². The van der Waals surface area contributed by atoms with Gasteiger partial charge in [-0.15, -0.1) is 0 Å². The van der Waals surface area contributed by atoms with Crippen LogP contribution in [0, 0.1) is 0 Å². The van der Waals surface area contributed by atoms with Crippen molar-refractivity contribution in [2.75, 3.05) is 44.0 Å². The minimum absolute atomic E-state index is 0.0720. The van der Waals surface area contributed by atoms with Crippen LogP contribution >= 0.6 is 0 Å². The monoisotopic (exact) mass is 235 g/mol. The van der Waals surface area contributed by atoms with Crippen molar-refractivity contribution in [1.82, 2.24) is 5.32 Å². The molecular formula is C12H17N3O2. The number of hydrogen-bond donors (Lipinski definition) is 3. The van der Waals surface area contributed by atoms with Crippen molar-refractivity contribution in [2.45, 2.75) is 0 Å². The summed E-state index contributed by atoms with van der Waals surface area (Å²) in [7, 11) is 1.61. The van der Waals surface area contributed by atoms with E-state index in [2.05, 4.69) is 16.0 Å². The molecule has 0 radical (unpaired) electrons. The highest BCUT2D eigenvalue weighted by Gasteiger charge is 2.11. The van der Waals surface area contributed by atoms with E-state index in [0.29, 0.717) is 18.7 Å². The zero-order chi connectivity index (χ0) is 12.1. The van der Waals surface area contributed by atoms with Crippen LogP contribution in [0.5, 0.6) is 0 Å².